The number of urea groups is 2. The second-order valence-electron chi connectivity index (χ2n) is 2.25. The van der Waals surface area contributed by atoms with Gasteiger partial charge in [0.25, 0.3) is 0 Å². The highest BCUT2D eigenvalue weighted by molar-refractivity contribution is 6.01. The van der Waals surface area contributed by atoms with Gasteiger partial charge in [-0.2, -0.15) is 0 Å². The minimum absolute atomic E-state index is 0.0425. The molecule has 1 aliphatic rings. The smallest absolute Gasteiger partial charge is 0.325 e. The molecule has 0 aromatic carbocycles. The van der Waals surface area contributed by atoms with Gasteiger partial charge >= 0.3 is 12.1 Å². The summed E-state index contributed by atoms with van der Waals surface area (Å²) in [4.78, 5) is 32.7. The van der Waals surface area contributed by atoms with Crippen molar-refractivity contribution >= 4 is 18.0 Å². The summed E-state index contributed by atoms with van der Waals surface area (Å²) in [5.74, 6) is -0.383. The zero-order chi connectivity index (χ0) is 9.14. The Hall–Kier alpha value is -1.79. The molecule has 0 aromatic rings. The van der Waals surface area contributed by atoms with Gasteiger partial charge in [-0.25, -0.2) is 9.59 Å². The Kier molecular flexibility index (Phi) is 2.13. The van der Waals surface area contributed by atoms with Crippen molar-refractivity contribution in [2.45, 2.75) is 0 Å². The van der Waals surface area contributed by atoms with Gasteiger partial charge in [0, 0.05) is 0 Å². The summed E-state index contributed by atoms with van der Waals surface area (Å²) in [5.41, 5.74) is 4.76. The lowest BCUT2D eigenvalue weighted by Crippen LogP contribution is -2.41. The minimum Gasteiger partial charge on any atom is -0.352 e. The fraction of sp³-hybridized carbons (Fsp3) is 0.400. The molecule has 0 bridgehead atoms. The van der Waals surface area contributed by atoms with Crippen molar-refractivity contribution in [1.82, 2.24) is 15.5 Å². The summed E-state index contributed by atoms with van der Waals surface area (Å²) in [5, 5.41) is 4.24. The van der Waals surface area contributed by atoms with Crippen LogP contribution in [0.25, 0.3) is 0 Å². The molecule has 12 heavy (non-hydrogen) atoms. The van der Waals surface area contributed by atoms with Gasteiger partial charge in [0.15, 0.2) is 0 Å². The molecule has 0 unspecified atom stereocenters. The van der Waals surface area contributed by atoms with Crippen LogP contribution in [0.5, 0.6) is 0 Å². The summed E-state index contributed by atoms with van der Waals surface area (Å²) in [7, 11) is 0. The lowest BCUT2D eigenvalue weighted by atomic mass is 10.6. The Morgan fingerprint density at radius 3 is 2.75 bits per heavy atom. The van der Waals surface area contributed by atoms with Gasteiger partial charge in [-0.3, -0.25) is 15.0 Å². The van der Waals surface area contributed by atoms with E-state index >= 15 is 0 Å². The molecule has 0 spiro atoms. The second-order valence-corrected chi connectivity index (χ2v) is 2.25. The minimum atomic E-state index is -0.734. The first-order valence-corrected chi connectivity index (χ1v) is 3.21. The third-order valence-electron chi connectivity index (χ3n) is 1.31. The fourth-order valence-electron chi connectivity index (χ4n) is 0.784. The third-order valence-corrected chi connectivity index (χ3v) is 1.31. The van der Waals surface area contributed by atoms with Crippen molar-refractivity contribution in [3.05, 3.63) is 0 Å². The van der Waals surface area contributed by atoms with E-state index in [2.05, 4.69) is 5.32 Å². The second kappa shape index (κ2) is 3.07. The molecule has 1 fully saturated rings. The van der Waals surface area contributed by atoms with E-state index in [1.165, 1.54) is 0 Å². The van der Waals surface area contributed by atoms with E-state index in [-0.39, 0.29) is 19.1 Å². The summed E-state index contributed by atoms with van der Waals surface area (Å²) in [6.45, 7) is -0.0913. The SMILES string of the molecule is NC(=O)NCN1CC(=O)NC1=O. The number of imide groups is 1. The van der Waals surface area contributed by atoms with E-state index in [0.717, 1.165) is 4.90 Å². The Labute approximate surface area is 67.9 Å². The molecule has 1 heterocycles. The highest BCUT2D eigenvalue weighted by atomic mass is 16.2. The molecule has 0 radical (unpaired) electrons. The number of nitrogens with one attached hydrogen (secondary N) is 2. The molecule has 5 amide bonds. The molecular formula is C5H8N4O3. The Bertz CT molecular complexity index is 239. The van der Waals surface area contributed by atoms with Gasteiger partial charge in [-0.05, 0) is 0 Å². The molecule has 1 saturated heterocycles. The Morgan fingerprint density at radius 2 is 2.33 bits per heavy atom. The Morgan fingerprint density at radius 1 is 1.67 bits per heavy atom. The number of hydrogen-bond acceptors (Lipinski definition) is 3. The number of nitrogens with zero attached hydrogens (tertiary/aromatic N) is 1. The molecular weight excluding hydrogens is 164 g/mol. The van der Waals surface area contributed by atoms with E-state index in [1.807, 2.05) is 5.32 Å². The van der Waals surface area contributed by atoms with Crippen LogP contribution in [-0.2, 0) is 4.79 Å². The molecule has 0 atom stereocenters. The summed E-state index contributed by atoms with van der Waals surface area (Å²) in [6.07, 6.45) is 0. The van der Waals surface area contributed by atoms with E-state index in [1.54, 1.807) is 0 Å². The zero-order valence-corrected chi connectivity index (χ0v) is 6.16. The van der Waals surface area contributed by atoms with Gasteiger partial charge in [-0.15, -0.1) is 0 Å². The van der Waals surface area contributed by atoms with Crippen LogP contribution >= 0.6 is 0 Å². The monoisotopic (exact) mass is 172 g/mol. The maximum absolute atomic E-state index is 10.8. The standard InChI is InChI=1S/C5H8N4O3/c6-4(11)7-2-9-1-3(10)8-5(9)12/h1-2H2,(H3,6,7,11)(H,8,10,12). The topological polar surface area (TPSA) is 105 Å². The lowest BCUT2D eigenvalue weighted by molar-refractivity contribution is -0.118. The molecule has 0 saturated carbocycles. The maximum atomic E-state index is 10.8. The van der Waals surface area contributed by atoms with Gasteiger partial charge in [0.1, 0.15) is 6.54 Å². The highest BCUT2D eigenvalue weighted by Gasteiger charge is 2.26. The first-order valence-electron chi connectivity index (χ1n) is 3.21. The van der Waals surface area contributed by atoms with Crippen molar-refractivity contribution < 1.29 is 14.4 Å². The van der Waals surface area contributed by atoms with E-state index < -0.39 is 12.1 Å². The number of hydrogen-bond donors (Lipinski definition) is 3. The van der Waals surface area contributed by atoms with Crippen molar-refractivity contribution in [2.24, 2.45) is 5.73 Å². The number of amides is 5. The number of carbonyl (C=O) groups is 3. The summed E-state index contributed by atoms with van der Waals surface area (Å²) < 4.78 is 0. The molecule has 66 valence electrons. The van der Waals surface area contributed by atoms with Crippen LogP contribution in [0.15, 0.2) is 0 Å². The molecule has 1 aliphatic heterocycles. The number of carbonyl (C=O) groups excluding carboxylic acids is 3. The van der Waals surface area contributed by atoms with E-state index in [9.17, 15) is 14.4 Å². The lowest BCUT2D eigenvalue weighted by Gasteiger charge is -2.11. The average Bonchev–Trinajstić information content (AvgIpc) is 2.26. The predicted molar refractivity (Wildman–Crippen MR) is 37.8 cm³/mol. The van der Waals surface area contributed by atoms with Crippen LogP contribution in [0.3, 0.4) is 0 Å². The first-order chi connectivity index (χ1) is 5.59. The maximum Gasteiger partial charge on any atom is 0.325 e. The molecule has 0 aliphatic carbocycles. The van der Waals surface area contributed by atoms with Gasteiger partial charge in [-0.1, -0.05) is 0 Å². The average molecular weight is 172 g/mol. The summed E-state index contributed by atoms with van der Waals surface area (Å²) in [6, 6.07) is -1.25. The Balaban J connectivity index is 2.38. The highest BCUT2D eigenvalue weighted by Crippen LogP contribution is 1.94. The fourth-order valence-corrected chi connectivity index (χ4v) is 0.784. The van der Waals surface area contributed by atoms with Gasteiger partial charge in [0.2, 0.25) is 5.91 Å². The van der Waals surface area contributed by atoms with Crippen molar-refractivity contribution in [2.75, 3.05) is 13.2 Å². The number of nitrogens with two attached hydrogens (primary N) is 1. The number of primary amides is 1. The van der Waals surface area contributed by atoms with E-state index in [4.69, 9.17) is 5.73 Å². The first kappa shape index (κ1) is 8.31. The molecule has 7 heteroatoms. The largest absolute Gasteiger partial charge is 0.352 e. The van der Waals surface area contributed by atoms with Crippen LogP contribution in [0.2, 0.25) is 0 Å². The predicted octanol–water partition coefficient (Wildman–Crippen LogP) is -1.84. The molecule has 1 rings (SSSR count). The van der Waals surface area contributed by atoms with Crippen molar-refractivity contribution in [1.29, 1.82) is 0 Å². The van der Waals surface area contributed by atoms with Gasteiger partial charge < -0.3 is 11.1 Å². The molecule has 0 aromatic heterocycles. The normalized spacial score (nSPS) is 16.2. The quantitative estimate of drug-likeness (QED) is 0.426. The summed E-state index contributed by atoms with van der Waals surface area (Å²) >= 11 is 0. The molecule has 7 nitrogen and oxygen atoms in total. The number of rotatable bonds is 2. The van der Waals surface area contributed by atoms with Crippen LogP contribution in [0.4, 0.5) is 9.59 Å². The van der Waals surface area contributed by atoms with Crippen molar-refractivity contribution in [3.8, 4) is 0 Å². The zero-order valence-electron chi connectivity index (χ0n) is 6.16. The van der Waals surface area contributed by atoms with Gasteiger partial charge in [0.05, 0.1) is 6.67 Å². The van der Waals surface area contributed by atoms with Crippen molar-refractivity contribution in [3.63, 3.8) is 0 Å². The van der Waals surface area contributed by atoms with Crippen LogP contribution in [0.1, 0.15) is 0 Å². The van der Waals surface area contributed by atoms with Crippen LogP contribution in [-0.4, -0.2) is 36.1 Å². The van der Waals surface area contributed by atoms with Crippen LogP contribution in [0, 0.1) is 0 Å². The van der Waals surface area contributed by atoms with Crippen LogP contribution < -0.4 is 16.4 Å². The van der Waals surface area contributed by atoms with E-state index in [0.29, 0.717) is 0 Å². The molecule has 4 N–H and O–H groups in total. The third kappa shape index (κ3) is 1.84.